The van der Waals surface area contributed by atoms with Crippen LogP contribution < -0.4 is 0 Å². The Morgan fingerprint density at radius 1 is 1.39 bits per heavy atom. The number of amides is 1. The van der Waals surface area contributed by atoms with Gasteiger partial charge in [0.25, 0.3) is 0 Å². The third-order valence-corrected chi connectivity index (χ3v) is 4.05. The zero-order valence-corrected chi connectivity index (χ0v) is 11.8. The van der Waals surface area contributed by atoms with Gasteiger partial charge in [-0.05, 0) is 18.9 Å². The van der Waals surface area contributed by atoms with Gasteiger partial charge in [-0.25, -0.2) is 0 Å². The van der Waals surface area contributed by atoms with Crippen molar-refractivity contribution < 1.29 is 14.7 Å². The molecular formula is C13H24N2O3. The molecule has 1 fully saturated rings. The van der Waals surface area contributed by atoms with Gasteiger partial charge < -0.3 is 14.9 Å². The quantitative estimate of drug-likeness (QED) is 0.794. The van der Waals surface area contributed by atoms with Crippen LogP contribution in [0.5, 0.6) is 0 Å². The molecule has 0 aromatic rings. The number of hydrogen-bond acceptors (Lipinski definition) is 3. The Balaban J connectivity index is 2.55. The Morgan fingerprint density at radius 3 is 2.39 bits per heavy atom. The highest BCUT2D eigenvalue weighted by molar-refractivity contribution is 5.76. The molecule has 1 N–H and O–H groups in total. The molecule has 5 nitrogen and oxygen atoms in total. The van der Waals surface area contributed by atoms with E-state index in [2.05, 4.69) is 4.90 Å². The first-order valence-electron chi connectivity index (χ1n) is 6.45. The second kappa shape index (κ2) is 5.69. The van der Waals surface area contributed by atoms with E-state index in [4.69, 9.17) is 0 Å². The summed E-state index contributed by atoms with van der Waals surface area (Å²) < 4.78 is 0. The van der Waals surface area contributed by atoms with E-state index in [1.807, 2.05) is 13.8 Å². The monoisotopic (exact) mass is 256 g/mol. The van der Waals surface area contributed by atoms with E-state index in [9.17, 15) is 14.7 Å². The van der Waals surface area contributed by atoms with Crippen molar-refractivity contribution in [3.63, 3.8) is 0 Å². The standard InChI is InChI=1S/C13H24N2O3/c1-10(2)13(12(17)18)6-8-15(9-13)7-5-11(16)14(3)4/h10H,5-9H2,1-4H3,(H,17,18). The molecule has 0 aromatic carbocycles. The van der Waals surface area contributed by atoms with Crippen molar-refractivity contribution in [1.82, 2.24) is 9.80 Å². The molecule has 1 atom stereocenters. The molecule has 1 saturated heterocycles. The van der Waals surface area contributed by atoms with Gasteiger partial charge in [-0.15, -0.1) is 0 Å². The van der Waals surface area contributed by atoms with Crippen molar-refractivity contribution in [3.8, 4) is 0 Å². The van der Waals surface area contributed by atoms with Gasteiger partial charge in [0, 0.05) is 33.6 Å². The van der Waals surface area contributed by atoms with E-state index in [0.717, 1.165) is 6.54 Å². The smallest absolute Gasteiger partial charge is 0.311 e. The van der Waals surface area contributed by atoms with Crippen LogP contribution in [0, 0.1) is 11.3 Å². The highest BCUT2D eigenvalue weighted by Crippen LogP contribution is 2.38. The maximum Gasteiger partial charge on any atom is 0.311 e. The number of likely N-dealkylation sites (tertiary alicyclic amines) is 1. The van der Waals surface area contributed by atoms with Crippen molar-refractivity contribution in [1.29, 1.82) is 0 Å². The Bertz CT molecular complexity index is 328. The van der Waals surface area contributed by atoms with E-state index in [1.54, 1.807) is 19.0 Å². The summed E-state index contributed by atoms with van der Waals surface area (Å²) in [6.45, 7) is 5.90. The van der Waals surface area contributed by atoms with E-state index in [-0.39, 0.29) is 11.8 Å². The number of carbonyl (C=O) groups excluding carboxylic acids is 1. The molecule has 1 unspecified atom stereocenters. The average molecular weight is 256 g/mol. The third kappa shape index (κ3) is 3.02. The Kier molecular flexibility index (Phi) is 4.73. The number of nitrogens with zero attached hydrogens (tertiary/aromatic N) is 2. The third-order valence-electron chi connectivity index (χ3n) is 4.05. The molecule has 1 amide bonds. The molecular weight excluding hydrogens is 232 g/mol. The van der Waals surface area contributed by atoms with Crippen LogP contribution in [0.4, 0.5) is 0 Å². The van der Waals surface area contributed by atoms with Gasteiger partial charge in [0.15, 0.2) is 0 Å². The fraction of sp³-hybridized carbons (Fsp3) is 0.846. The molecule has 1 rings (SSSR count). The number of aliphatic carboxylic acids is 1. The SMILES string of the molecule is CC(C)C1(C(=O)O)CCN(CCC(=O)N(C)C)C1. The summed E-state index contributed by atoms with van der Waals surface area (Å²) in [5.74, 6) is -0.504. The van der Waals surface area contributed by atoms with Gasteiger partial charge in [0.05, 0.1) is 5.41 Å². The topological polar surface area (TPSA) is 60.9 Å². The van der Waals surface area contributed by atoms with Gasteiger partial charge in [-0.2, -0.15) is 0 Å². The maximum atomic E-state index is 11.5. The summed E-state index contributed by atoms with van der Waals surface area (Å²) in [7, 11) is 3.48. The van der Waals surface area contributed by atoms with Crippen LogP contribution in [0.2, 0.25) is 0 Å². The zero-order valence-electron chi connectivity index (χ0n) is 11.8. The number of carbonyl (C=O) groups is 2. The zero-order chi connectivity index (χ0) is 13.9. The minimum Gasteiger partial charge on any atom is -0.481 e. The molecule has 1 aliphatic rings. The fourth-order valence-corrected chi connectivity index (χ4v) is 2.48. The molecule has 0 aliphatic carbocycles. The first-order valence-corrected chi connectivity index (χ1v) is 6.45. The summed E-state index contributed by atoms with van der Waals surface area (Å²) in [5, 5.41) is 9.42. The van der Waals surface area contributed by atoms with Crippen LogP contribution in [0.3, 0.4) is 0 Å². The number of hydrogen-bond donors (Lipinski definition) is 1. The predicted octanol–water partition coefficient (Wildman–Crippen LogP) is 0.897. The second-order valence-corrected chi connectivity index (χ2v) is 5.68. The van der Waals surface area contributed by atoms with Crippen LogP contribution in [-0.2, 0) is 9.59 Å². The average Bonchev–Trinajstić information content (AvgIpc) is 2.71. The summed E-state index contributed by atoms with van der Waals surface area (Å²) in [4.78, 5) is 26.6. The number of carboxylic acids is 1. The highest BCUT2D eigenvalue weighted by atomic mass is 16.4. The van der Waals surface area contributed by atoms with Crippen LogP contribution in [0.25, 0.3) is 0 Å². The van der Waals surface area contributed by atoms with E-state index >= 15 is 0 Å². The fourth-order valence-electron chi connectivity index (χ4n) is 2.48. The summed E-state index contributed by atoms with van der Waals surface area (Å²) in [5.41, 5.74) is -0.638. The van der Waals surface area contributed by atoms with E-state index < -0.39 is 11.4 Å². The second-order valence-electron chi connectivity index (χ2n) is 5.68. The van der Waals surface area contributed by atoms with E-state index in [0.29, 0.717) is 25.9 Å². The molecule has 0 bridgehead atoms. The molecule has 18 heavy (non-hydrogen) atoms. The molecule has 0 spiro atoms. The predicted molar refractivity (Wildman–Crippen MR) is 69.3 cm³/mol. The van der Waals surface area contributed by atoms with Crippen LogP contribution >= 0.6 is 0 Å². The van der Waals surface area contributed by atoms with Crippen molar-refractivity contribution >= 4 is 11.9 Å². The van der Waals surface area contributed by atoms with Gasteiger partial charge in [0.1, 0.15) is 0 Å². The summed E-state index contributed by atoms with van der Waals surface area (Å²) in [6, 6.07) is 0. The van der Waals surface area contributed by atoms with Gasteiger partial charge >= 0.3 is 5.97 Å². The molecule has 1 heterocycles. The molecule has 1 aliphatic heterocycles. The first kappa shape index (κ1) is 15.0. The van der Waals surface area contributed by atoms with Gasteiger partial charge in [0.2, 0.25) is 5.91 Å². The molecule has 104 valence electrons. The van der Waals surface area contributed by atoms with Crippen molar-refractivity contribution in [2.24, 2.45) is 11.3 Å². The lowest BCUT2D eigenvalue weighted by Gasteiger charge is -2.28. The van der Waals surface area contributed by atoms with Crippen LogP contribution in [0.15, 0.2) is 0 Å². The maximum absolute atomic E-state index is 11.5. The normalized spacial score (nSPS) is 24.5. The summed E-state index contributed by atoms with van der Waals surface area (Å²) in [6.07, 6.45) is 1.14. The Morgan fingerprint density at radius 2 is 2.00 bits per heavy atom. The molecule has 0 saturated carbocycles. The first-order chi connectivity index (χ1) is 8.29. The lowest BCUT2D eigenvalue weighted by atomic mass is 9.76. The van der Waals surface area contributed by atoms with E-state index in [1.165, 1.54) is 0 Å². The van der Waals surface area contributed by atoms with Crippen molar-refractivity contribution in [2.75, 3.05) is 33.7 Å². The highest BCUT2D eigenvalue weighted by Gasteiger charge is 2.46. The number of rotatable bonds is 5. The molecule has 0 radical (unpaired) electrons. The van der Waals surface area contributed by atoms with Crippen LogP contribution in [0.1, 0.15) is 26.7 Å². The molecule has 5 heteroatoms. The molecule has 0 aromatic heterocycles. The van der Waals surface area contributed by atoms with Crippen molar-refractivity contribution in [2.45, 2.75) is 26.7 Å². The van der Waals surface area contributed by atoms with Gasteiger partial charge in [-0.1, -0.05) is 13.8 Å². The Hall–Kier alpha value is -1.10. The lowest BCUT2D eigenvalue weighted by molar-refractivity contribution is -0.151. The van der Waals surface area contributed by atoms with Crippen molar-refractivity contribution in [3.05, 3.63) is 0 Å². The Labute approximate surface area is 109 Å². The van der Waals surface area contributed by atoms with Crippen LogP contribution in [-0.4, -0.2) is 60.5 Å². The largest absolute Gasteiger partial charge is 0.481 e. The lowest BCUT2D eigenvalue weighted by Crippen LogP contribution is -2.39. The minimum atomic E-state index is -0.709. The van der Waals surface area contributed by atoms with Gasteiger partial charge in [-0.3, -0.25) is 9.59 Å². The minimum absolute atomic E-state index is 0.0902. The summed E-state index contributed by atoms with van der Waals surface area (Å²) >= 11 is 0. The number of carboxylic acid groups (broad SMARTS) is 1.